The molecule has 0 aliphatic carbocycles. The van der Waals surface area contributed by atoms with Crippen LogP contribution in [0.5, 0.6) is 0 Å². The van der Waals surface area contributed by atoms with Crippen molar-refractivity contribution in [1.82, 2.24) is 10.2 Å². The molecule has 0 heterocycles. The summed E-state index contributed by atoms with van der Waals surface area (Å²) in [6, 6.07) is 16.7. The first-order chi connectivity index (χ1) is 12.8. The van der Waals surface area contributed by atoms with E-state index in [9.17, 15) is 4.79 Å². The summed E-state index contributed by atoms with van der Waals surface area (Å²) in [4.78, 5) is 14.1. The highest BCUT2D eigenvalue weighted by atomic mass is 16.6. The van der Waals surface area contributed by atoms with Gasteiger partial charge in [-0.2, -0.15) is 0 Å². The Morgan fingerprint density at radius 1 is 0.926 bits per heavy atom. The molecule has 3 rings (SSSR count). The number of amides is 1. The summed E-state index contributed by atoms with van der Waals surface area (Å²) in [6.45, 7) is 7.01. The Morgan fingerprint density at radius 3 is 1.78 bits per heavy atom. The summed E-state index contributed by atoms with van der Waals surface area (Å²) in [6.07, 6.45) is -0.310. The molecule has 142 valence electrons. The zero-order valence-corrected chi connectivity index (χ0v) is 16.8. The van der Waals surface area contributed by atoms with Crippen LogP contribution in [0.1, 0.15) is 31.9 Å². The second-order valence-corrected chi connectivity index (χ2v) is 7.86. The fraction of sp³-hybridized carbons (Fsp3) is 0.348. The Hall–Kier alpha value is -2.59. The third kappa shape index (κ3) is 3.76. The van der Waals surface area contributed by atoms with Gasteiger partial charge in [0.1, 0.15) is 6.61 Å². The molecule has 0 aliphatic rings. The Kier molecular flexibility index (Phi) is 5.38. The van der Waals surface area contributed by atoms with Crippen molar-refractivity contribution in [3.05, 3.63) is 59.7 Å². The number of benzene rings is 3. The maximum atomic E-state index is 12.5. The van der Waals surface area contributed by atoms with Crippen LogP contribution in [-0.4, -0.2) is 30.6 Å². The number of ether oxygens (including phenoxy) is 1. The van der Waals surface area contributed by atoms with Gasteiger partial charge in [-0.05, 0) is 54.9 Å². The van der Waals surface area contributed by atoms with Gasteiger partial charge in [0, 0.05) is 24.7 Å². The molecule has 3 aromatic carbocycles. The summed E-state index contributed by atoms with van der Waals surface area (Å²) in [7, 11) is 3.73. The zero-order valence-electron chi connectivity index (χ0n) is 16.8. The smallest absolute Gasteiger partial charge is 0.410 e. The molecule has 0 aromatic heterocycles. The highest BCUT2D eigenvalue weighted by molar-refractivity contribution is 6.05. The van der Waals surface area contributed by atoms with E-state index >= 15 is 0 Å². The highest BCUT2D eigenvalue weighted by Gasteiger charge is 2.24. The van der Waals surface area contributed by atoms with E-state index in [0.29, 0.717) is 0 Å². The minimum Gasteiger partial charge on any atom is -0.444 e. The summed E-state index contributed by atoms with van der Waals surface area (Å²) in [5.41, 5.74) is 2.04. The third-order valence-corrected chi connectivity index (χ3v) is 5.13. The molecule has 27 heavy (non-hydrogen) atoms. The zero-order chi connectivity index (χ0) is 19.6. The molecular weight excluding hydrogens is 336 g/mol. The monoisotopic (exact) mass is 364 g/mol. The quantitative estimate of drug-likeness (QED) is 0.657. The lowest BCUT2D eigenvalue weighted by Gasteiger charge is -2.31. The van der Waals surface area contributed by atoms with Crippen molar-refractivity contribution in [2.75, 3.05) is 14.1 Å². The first kappa shape index (κ1) is 19.2. The van der Waals surface area contributed by atoms with Crippen molar-refractivity contribution in [1.29, 1.82) is 0 Å². The Bertz CT molecular complexity index is 916. The molecular formula is C23H28N2O2. The van der Waals surface area contributed by atoms with Crippen molar-refractivity contribution in [2.45, 2.75) is 39.5 Å². The normalized spacial score (nSPS) is 11.7. The van der Waals surface area contributed by atoms with Crippen LogP contribution < -0.4 is 5.32 Å². The van der Waals surface area contributed by atoms with Crippen LogP contribution in [0, 0.1) is 0 Å². The van der Waals surface area contributed by atoms with E-state index in [4.69, 9.17) is 4.74 Å². The first-order valence-electron chi connectivity index (χ1n) is 9.31. The lowest BCUT2D eigenvalue weighted by molar-refractivity contribution is 0.0765. The van der Waals surface area contributed by atoms with E-state index < -0.39 is 0 Å². The second kappa shape index (κ2) is 7.57. The van der Waals surface area contributed by atoms with E-state index in [-0.39, 0.29) is 18.2 Å². The Morgan fingerprint density at radius 2 is 1.37 bits per heavy atom. The Balaban J connectivity index is 2.09. The minimum atomic E-state index is -0.310. The average molecular weight is 364 g/mol. The van der Waals surface area contributed by atoms with Gasteiger partial charge in [-0.15, -0.1) is 0 Å². The van der Waals surface area contributed by atoms with Gasteiger partial charge in [0.15, 0.2) is 0 Å². The van der Waals surface area contributed by atoms with Gasteiger partial charge < -0.3 is 15.0 Å². The minimum absolute atomic E-state index is 0.250. The highest BCUT2D eigenvalue weighted by Crippen LogP contribution is 2.33. The van der Waals surface area contributed by atoms with E-state index in [1.165, 1.54) is 16.3 Å². The molecule has 3 aromatic rings. The molecule has 0 unspecified atom stereocenters. The maximum Gasteiger partial charge on any atom is 0.410 e. The maximum absolute atomic E-state index is 12.5. The summed E-state index contributed by atoms with van der Waals surface area (Å²) in [5.74, 6) is 0. The standard InChI is InChI=1S/C23H28N2O2/c1-23(2,3)25(5)22(26)27-15-21-18-12-8-6-10-16(18)20(14-24-4)17-11-7-9-13-19(17)21/h6-13,24H,14-15H2,1-5H3. The number of hydrogen-bond donors (Lipinski definition) is 1. The van der Waals surface area contributed by atoms with Crippen molar-refractivity contribution in [3.63, 3.8) is 0 Å². The van der Waals surface area contributed by atoms with E-state index in [1.54, 1.807) is 11.9 Å². The molecule has 0 atom stereocenters. The van der Waals surface area contributed by atoms with Gasteiger partial charge in [0.2, 0.25) is 0 Å². The van der Waals surface area contributed by atoms with Crippen molar-refractivity contribution < 1.29 is 9.53 Å². The van der Waals surface area contributed by atoms with Gasteiger partial charge >= 0.3 is 6.09 Å². The number of rotatable bonds is 4. The number of hydrogen-bond acceptors (Lipinski definition) is 3. The molecule has 0 bridgehead atoms. The number of nitrogens with zero attached hydrogens (tertiary/aromatic N) is 1. The van der Waals surface area contributed by atoms with Crippen LogP contribution >= 0.6 is 0 Å². The van der Waals surface area contributed by atoms with E-state index in [1.807, 2.05) is 40.0 Å². The lowest BCUT2D eigenvalue weighted by Crippen LogP contribution is -2.42. The van der Waals surface area contributed by atoms with Crippen LogP contribution in [0.4, 0.5) is 4.79 Å². The summed E-state index contributed by atoms with van der Waals surface area (Å²) < 4.78 is 5.70. The number of nitrogens with one attached hydrogen (secondary N) is 1. The van der Waals surface area contributed by atoms with Crippen LogP contribution in [-0.2, 0) is 17.9 Å². The SMILES string of the molecule is CNCc1c2ccccc2c(COC(=O)N(C)C(C)(C)C)c2ccccc12. The second-order valence-electron chi connectivity index (χ2n) is 7.86. The largest absolute Gasteiger partial charge is 0.444 e. The first-order valence-corrected chi connectivity index (χ1v) is 9.31. The molecule has 0 aliphatic heterocycles. The Labute approximate surface area is 161 Å². The molecule has 1 amide bonds. The van der Waals surface area contributed by atoms with Crippen molar-refractivity contribution in [3.8, 4) is 0 Å². The molecule has 0 radical (unpaired) electrons. The molecule has 0 spiro atoms. The third-order valence-electron chi connectivity index (χ3n) is 5.13. The molecule has 0 fully saturated rings. The van der Waals surface area contributed by atoms with Gasteiger partial charge in [0.05, 0.1) is 0 Å². The average Bonchev–Trinajstić information content (AvgIpc) is 2.65. The predicted octanol–water partition coefficient (Wildman–Crippen LogP) is 5.08. The van der Waals surface area contributed by atoms with E-state index in [0.717, 1.165) is 22.9 Å². The van der Waals surface area contributed by atoms with Crippen LogP contribution in [0.3, 0.4) is 0 Å². The molecule has 4 nitrogen and oxygen atoms in total. The molecule has 0 saturated carbocycles. The van der Waals surface area contributed by atoms with Crippen molar-refractivity contribution >= 4 is 27.6 Å². The predicted molar refractivity (Wildman–Crippen MR) is 112 cm³/mol. The van der Waals surface area contributed by atoms with Crippen LogP contribution in [0.25, 0.3) is 21.5 Å². The topological polar surface area (TPSA) is 41.6 Å². The summed E-state index contributed by atoms with van der Waals surface area (Å²) >= 11 is 0. The number of fused-ring (bicyclic) bond motifs is 2. The molecule has 4 heteroatoms. The van der Waals surface area contributed by atoms with Crippen molar-refractivity contribution in [2.24, 2.45) is 0 Å². The molecule has 1 N–H and O–H groups in total. The number of carbonyl (C=O) groups is 1. The molecule has 0 saturated heterocycles. The fourth-order valence-corrected chi connectivity index (χ4v) is 3.34. The van der Waals surface area contributed by atoms with Gasteiger partial charge in [-0.3, -0.25) is 0 Å². The van der Waals surface area contributed by atoms with E-state index in [2.05, 4.69) is 41.7 Å². The lowest BCUT2D eigenvalue weighted by atomic mass is 9.92. The number of carbonyl (C=O) groups excluding carboxylic acids is 1. The fourth-order valence-electron chi connectivity index (χ4n) is 3.34. The van der Waals surface area contributed by atoms with Gasteiger partial charge in [0.25, 0.3) is 0 Å². The van der Waals surface area contributed by atoms with Crippen LogP contribution in [0.2, 0.25) is 0 Å². The summed E-state index contributed by atoms with van der Waals surface area (Å²) in [5, 5.41) is 7.93. The van der Waals surface area contributed by atoms with Gasteiger partial charge in [-0.25, -0.2) is 4.79 Å². The van der Waals surface area contributed by atoms with Crippen LogP contribution in [0.15, 0.2) is 48.5 Å². The van der Waals surface area contributed by atoms with Gasteiger partial charge in [-0.1, -0.05) is 48.5 Å².